The first-order valence-corrected chi connectivity index (χ1v) is 6.63. The summed E-state index contributed by atoms with van der Waals surface area (Å²) >= 11 is 6.01. The molecule has 0 fully saturated rings. The summed E-state index contributed by atoms with van der Waals surface area (Å²) in [5.74, 6) is -0.454. The monoisotopic (exact) mass is 308 g/mol. The maximum absolute atomic E-state index is 13.0. The fourth-order valence-corrected chi connectivity index (χ4v) is 2.03. The van der Waals surface area contributed by atoms with Crippen molar-refractivity contribution in [2.75, 3.05) is 11.9 Å². The Balaban J connectivity index is 1.99. The van der Waals surface area contributed by atoms with Gasteiger partial charge in [-0.2, -0.15) is 0 Å². The van der Waals surface area contributed by atoms with E-state index in [2.05, 4.69) is 5.32 Å². The smallest absolute Gasteiger partial charge is 0.262 e. The fraction of sp³-hybridized carbons (Fsp3) is 0.133. The van der Waals surface area contributed by atoms with Crippen LogP contribution in [-0.4, -0.2) is 12.5 Å². The zero-order chi connectivity index (χ0) is 15.2. The van der Waals surface area contributed by atoms with Gasteiger partial charge in [-0.3, -0.25) is 4.79 Å². The van der Waals surface area contributed by atoms with E-state index in [0.29, 0.717) is 22.0 Å². The minimum Gasteiger partial charge on any atom is -0.482 e. The van der Waals surface area contributed by atoms with Crippen molar-refractivity contribution in [3.63, 3.8) is 0 Å². The van der Waals surface area contributed by atoms with E-state index in [1.54, 1.807) is 24.3 Å². The molecule has 3 N–H and O–H groups in total. The lowest BCUT2D eigenvalue weighted by atomic mass is 10.2. The van der Waals surface area contributed by atoms with Gasteiger partial charge in [-0.25, -0.2) is 4.39 Å². The molecule has 4 nitrogen and oxygen atoms in total. The molecule has 6 heteroatoms. The summed E-state index contributed by atoms with van der Waals surface area (Å²) in [5.41, 5.74) is 6.66. The highest BCUT2D eigenvalue weighted by Crippen LogP contribution is 2.28. The molecule has 110 valence electrons. The lowest BCUT2D eigenvalue weighted by molar-refractivity contribution is -0.118. The molecule has 0 heterocycles. The summed E-state index contributed by atoms with van der Waals surface area (Å²) < 4.78 is 18.4. The zero-order valence-corrected chi connectivity index (χ0v) is 11.9. The van der Waals surface area contributed by atoms with Gasteiger partial charge in [0.05, 0.1) is 5.02 Å². The molecule has 0 aromatic heterocycles. The van der Waals surface area contributed by atoms with Crippen LogP contribution >= 0.6 is 11.6 Å². The average Bonchev–Trinajstić information content (AvgIpc) is 2.45. The Morgan fingerprint density at radius 2 is 2.05 bits per heavy atom. The minimum absolute atomic E-state index is 0.243. The summed E-state index contributed by atoms with van der Waals surface area (Å²) in [6, 6.07) is 10.8. The maximum atomic E-state index is 13.0. The Morgan fingerprint density at radius 1 is 1.29 bits per heavy atom. The second-order valence-electron chi connectivity index (χ2n) is 4.28. The van der Waals surface area contributed by atoms with E-state index in [0.717, 1.165) is 0 Å². The molecule has 21 heavy (non-hydrogen) atoms. The van der Waals surface area contributed by atoms with Crippen LogP contribution in [0.4, 0.5) is 10.1 Å². The molecule has 0 aliphatic heterocycles. The van der Waals surface area contributed by atoms with Gasteiger partial charge in [0.15, 0.2) is 6.61 Å². The van der Waals surface area contributed by atoms with Crippen molar-refractivity contribution in [2.24, 2.45) is 5.73 Å². The largest absolute Gasteiger partial charge is 0.482 e. The number of ether oxygens (including phenoxy) is 1. The third-order valence-corrected chi connectivity index (χ3v) is 3.02. The number of hydrogen-bond donors (Lipinski definition) is 2. The third kappa shape index (κ3) is 4.18. The number of hydrogen-bond acceptors (Lipinski definition) is 3. The quantitative estimate of drug-likeness (QED) is 0.892. The number of amides is 1. The highest BCUT2D eigenvalue weighted by molar-refractivity contribution is 6.32. The van der Waals surface area contributed by atoms with Gasteiger partial charge in [0, 0.05) is 17.8 Å². The molecule has 0 atom stereocenters. The Kier molecular flexibility index (Phi) is 5.14. The van der Waals surface area contributed by atoms with Crippen molar-refractivity contribution in [1.82, 2.24) is 0 Å². The predicted octanol–water partition coefficient (Wildman–Crippen LogP) is 2.96. The SMILES string of the molecule is NCc1cccc(Cl)c1OCC(=O)Nc1cccc(F)c1. The minimum atomic E-state index is -0.426. The average molecular weight is 309 g/mol. The van der Waals surface area contributed by atoms with E-state index in [-0.39, 0.29) is 13.2 Å². The zero-order valence-electron chi connectivity index (χ0n) is 11.1. The van der Waals surface area contributed by atoms with E-state index < -0.39 is 11.7 Å². The van der Waals surface area contributed by atoms with Gasteiger partial charge in [0.2, 0.25) is 0 Å². The molecule has 2 aromatic carbocycles. The van der Waals surface area contributed by atoms with Crippen LogP contribution in [0.5, 0.6) is 5.75 Å². The van der Waals surface area contributed by atoms with Crippen LogP contribution < -0.4 is 15.8 Å². The number of nitrogens with one attached hydrogen (secondary N) is 1. The first-order valence-electron chi connectivity index (χ1n) is 6.26. The van der Waals surface area contributed by atoms with Gasteiger partial charge in [0.25, 0.3) is 5.91 Å². The summed E-state index contributed by atoms with van der Waals surface area (Å²) in [4.78, 5) is 11.8. The van der Waals surface area contributed by atoms with Crippen LogP contribution in [0, 0.1) is 5.82 Å². The van der Waals surface area contributed by atoms with Crippen molar-refractivity contribution in [2.45, 2.75) is 6.54 Å². The number of carbonyl (C=O) groups is 1. The van der Waals surface area contributed by atoms with Crippen molar-refractivity contribution < 1.29 is 13.9 Å². The van der Waals surface area contributed by atoms with Gasteiger partial charge in [-0.05, 0) is 24.3 Å². The van der Waals surface area contributed by atoms with Crippen molar-refractivity contribution >= 4 is 23.2 Å². The maximum Gasteiger partial charge on any atom is 0.262 e. The first kappa shape index (κ1) is 15.3. The third-order valence-electron chi connectivity index (χ3n) is 2.72. The van der Waals surface area contributed by atoms with E-state index in [1.165, 1.54) is 18.2 Å². The number of anilines is 1. The molecule has 2 rings (SSSR count). The van der Waals surface area contributed by atoms with E-state index in [4.69, 9.17) is 22.1 Å². The summed E-state index contributed by atoms with van der Waals surface area (Å²) in [5, 5.41) is 2.92. The Bertz CT molecular complexity index is 649. The standard InChI is InChI=1S/C15H14ClFN2O2/c16-13-6-1-3-10(8-18)15(13)21-9-14(20)19-12-5-2-4-11(17)7-12/h1-7H,8-9,18H2,(H,19,20). The van der Waals surface area contributed by atoms with Crippen LogP contribution in [-0.2, 0) is 11.3 Å². The van der Waals surface area contributed by atoms with Crippen molar-refractivity contribution in [3.05, 3.63) is 58.9 Å². The number of carbonyl (C=O) groups excluding carboxylic acids is 1. The number of para-hydroxylation sites is 1. The van der Waals surface area contributed by atoms with Crippen LogP contribution in [0.3, 0.4) is 0 Å². The van der Waals surface area contributed by atoms with Crippen LogP contribution in [0.15, 0.2) is 42.5 Å². The Hall–Kier alpha value is -2.11. The molecule has 0 spiro atoms. The molecule has 0 bridgehead atoms. The molecule has 0 aliphatic rings. The number of halogens is 2. The highest BCUT2D eigenvalue weighted by Gasteiger charge is 2.10. The first-order chi connectivity index (χ1) is 10.1. The fourth-order valence-electron chi connectivity index (χ4n) is 1.78. The number of benzene rings is 2. The van der Waals surface area contributed by atoms with Gasteiger partial charge in [0.1, 0.15) is 11.6 Å². The van der Waals surface area contributed by atoms with Gasteiger partial charge in [-0.1, -0.05) is 29.8 Å². The van der Waals surface area contributed by atoms with E-state index >= 15 is 0 Å². The topological polar surface area (TPSA) is 64.3 Å². The Morgan fingerprint density at radius 3 is 2.76 bits per heavy atom. The van der Waals surface area contributed by atoms with Crippen molar-refractivity contribution in [3.8, 4) is 5.75 Å². The molecule has 0 saturated heterocycles. The summed E-state index contributed by atoms with van der Waals surface area (Å²) in [6.45, 7) is 0.00859. The Labute approximate surface area is 126 Å². The lowest BCUT2D eigenvalue weighted by Crippen LogP contribution is -2.21. The highest BCUT2D eigenvalue weighted by atomic mass is 35.5. The van der Waals surface area contributed by atoms with Gasteiger partial charge >= 0.3 is 0 Å². The molecular formula is C15H14ClFN2O2. The number of nitrogens with two attached hydrogens (primary N) is 1. The summed E-state index contributed by atoms with van der Waals surface area (Å²) in [7, 11) is 0. The number of rotatable bonds is 5. The van der Waals surface area contributed by atoms with Crippen molar-refractivity contribution in [1.29, 1.82) is 0 Å². The second kappa shape index (κ2) is 7.06. The van der Waals surface area contributed by atoms with Crippen LogP contribution in [0.1, 0.15) is 5.56 Å². The van der Waals surface area contributed by atoms with E-state index in [1.807, 2.05) is 0 Å². The molecule has 0 saturated carbocycles. The van der Waals surface area contributed by atoms with Gasteiger partial charge < -0.3 is 15.8 Å². The molecule has 0 unspecified atom stereocenters. The summed E-state index contributed by atoms with van der Waals surface area (Å²) in [6.07, 6.45) is 0. The lowest BCUT2D eigenvalue weighted by Gasteiger charge is -2.12. The molecule has 0 radical (unpaired) electrons. The normalized spacial score (nSPS) is 10.2. The van der Waals surface area contributed by atoms with Crippen LogP contribution in [0.25, 0.3) is 0 Å². The molecular weight excluding hydrogens is 295 g/mol. The van der Waals surface area contributed by atoms with Gasteiger partial charge in [-0.15, -0.1) is 0 Å². The molecule has 1 amide bonds. The predicted molar refractivity (Wildman–Crippen MR) is 79.9 cm³/mol. The second-order valence-corrected chi connectivity index (χ2v) is 4.69. The molecule has 0 aliphatic carbocycles. The molecule has 2 aromatic rings. The van der Waals surface area contributed by atoms with Crippen LogP contribution in [0.2, 0.25) is 5.02 Å². The van der Waals surface area contributed by atoms with E-state index in [9.17, 15) is 9.18 Å².